The Hall–Kier alpha value is -10.7. The zero-order chi connectivity index (χ0) is 58.6. The molecule has 0 unspecified atom stereocenters. The van der Waals surface area contributed by atoms with E-state index in [1.165, 1.54) is 83.5 Å². The molecule has 4 aliphatic carbocycles. The lowest BCUT2D eigenvalue weighted by molar-refractivity contribution is 0.660. The molecule has 1 spiro atoms. The van der Waals surface area contributed by atoms with E-state index in [0.29, 0.717) is 0 Å². The minimum Gasteiger partial charge on any atom is -0.455 e. The first kappa shape index (κ1) is 50.6. The average molecular weight is 1130 g/mol. The number of anilines is 6. The fourth-order valence-electron chi connectivity index (χ4n) is 16.3. The largest absolute Gasteiger partial charge is 0.455 e. The van der Waals surface area contributed by atoms with Crippen LogP contribution in [0.4, 0.5) is 34.1 Å². The fraction of sp³-hybridized carbons (Fsp3) is 0.0824. The van der Waals surface area contributed by atoms with Crippen LogP contribution in [0.25, 0.3) is 88.7 Å². The summed E-state index contributed by atoms with van der Waals surface area (Å²) in [6.07, 6.45) is 0. The maximum absolute atomic E-state index is 7.04. The first-order valence-electron chi connectivity index (χ1n) is 30.9. The van der Waals surface area contributed by atoms with E-state index in [9.17, 15) is 0 Å². The smallest absolute Gasteiger partial charge is 0.143 e. The van der Waals surface area contributed by atoms with E-state index in [-0.39, 0.29) is 10.8 Å². The quantitative estimate of drug-likeness (QED) is 0.151. The first-order chi connectivity index (χ1) is 43.2. The molecular formula is C85H60N2O. The minimum absolute atomic E-state index is 0.204. The summed E-state index contributed by atoms with van der Waals surface area (Å²) < 4.78 is 7.04. The minimum atomic E-state index is -0.687. The van der Waals surface area contributed by atoms with Gasteiger partial charge in [-0.3, -0.25) is 0 Å². The Labute approximate surface area is 513 Å². The van der Waals surface area contributed by atoms with Crippen molar-refractivity contribution in [1.29, 1.82) is 0 Å². The molecule has 0 atom stereocenters. The summed E-state index contributed by atoms with van der Waals surface area (Å²) >= 11 is 0. The van der Waals surface area contributed by atoms with Crippen LogP contribution in [0.2, 0.25) is 0 Å². The lowest BCUT2D eigenvalue weighted by atomic mass is 9.70. The van der Waals surface area contributed by atoms with Crippen molar-refractivity contribution >= 4 is 56.1 Å². The molecule has 88 heavy (non-hydrogen) atoms. The summed E-state index contributed by atoms with van der Waals surface area (Å²) in [5, 5.41) is 2.26. The van der Waals surface area contributed by atoms with E-state index in [1.54, 1.807) is 0 Å². The first-order valence-corrected chi connectivity index (χ1v) is 30.9. The molecule has 0 saturated heterocycles. The van der Waals surface area contributed by atoms with Gasteiger partial charge in [0.2, 0.25) is 0 Å². The maximum Gasteiger partial charge on any atom is 0.143 e. The van der Waals surface area contributed by atoms with Crippen molar-refractivity contribution in [2.24, 2.45) is 0 Å². The van der Waals surface area contributed by atoms with Crippen LogP contribution in [0.5, 0.6) is 0 Å². The van der Waals surface area contributed by atoms with Crippen molar-refractivity contribution < 1.29 is 4.42 Å². The fourth-order valence-corrected chi connectivity index (χ4v) is 16.3. The monoisotopic (exact) mass is 1120 g/mol. The second kappa shape index (κ2) is 18.6. The van der Waals surface area contributed by atoms with Gasteiger partial charge < -0.3 is 14.2 Å². The Morgan fingerprint density at radius 3 is 1.18 bits per heavy atom. The van der Waals surface area contributed by atoms with Crippen LogP contribution in [0.3, 0.4) is 0 Å². The Morgan fingerprint density at radius 2 is 0.648 bits per heavy atom. The lowest BCUT2D eigenvalue weighted by Gasteiger charge is -2.32. The molecule has 0 radical (unpaired) electrons. The molecule has 0 N–H and O–H groups in total. The molecule has 13 aromatic carbocycles. The Morgan fingerprint density at radius 1 is 0.261 bits per heavy atom. The van der Waals surface area contributed by atoms with Crippen LogP contribution in [0, 0.1) is 0 Å². The number of hydrogen-bond donors (Lipinski definition) is 0. The second-order valence-corrected chi connectivity index (χ2v) is 25.5. The molecule has 0 amide bonds. The lowest BCUT2D eigenvalue weighted by Crippen LogP contribution is -2.26. The van der Waals surface area contributed by atoms with Gasteiger partial charge in [0.05, 0.1) is 16.8 Å². The van der Waals surface area contributed by atoms with Crippen LogP contribution in [0.15, 0.2) is 296 Å². The number of furan rings is 1. The van der Waals surface area contributed by atoms with E-state index in [1.807, 2.05) is 0 Å². The molecule has 1 aromatic heterocycles. The average Bonchev–Trinajstić information content (AvgIpc) is 1.51. The Bertz CT molecular complexity index is 4990. The molecule has 3 nitrogen and oxygen atoms in total. The van der Waals surface area contributed by atoms with Gasteiger partial charge >= 0.3 is 0 Å². The number of para-hydroxylation sites is 3. The highest BCUT2D eigenvalue weighted by Crippen LogP contribution is 2.66. The topological polar surface area (TPSA) is 19.6 Å². The summed E-state index contributed by atoms with van der Waals surface area (Å²) in [5.41, 5.74) is 32.3. The van der Waals surface area contributed by atoms with Crippen molar-refractivity contribution in [3.8, 4) is 66.8 Å². The maximum atomic E-state index is 7.04. The van der Waals surface area contributed by atoms with Crippen molar-refractivity contribution in [3.63, 3.8) is 0 Å². The van der Waals surface area contributed by atoms with E-state index in [0.717, 1.165) is 83.9 Å². The van der Waals surface area contributed by atoms with Gasteiger partial charge in [0, 0.05) is 61.0 Å². The van der Waals surface area contributed by atoms with Crippen LogP contribution < -0.4 is 9.80 Å². The predicted molar refractivity (Wildman–Crippen MR) is 365 cm³/mol. The third kappa shape index (κ3) is 6.96. The normalized spacial score (nSPS) is 14.4. The highest BCUT2D eigenvalue weighted by molar-refractivity contribution is 6.13. The predicted octanol–water partition coefficient (Wildman–Crippen LogP) is 22.8. The molecule has 3 heteroatoms. The summed E-state index contributed by atoms with van der Waals surface area (Å²) in [4.78, 5) is 5.05. The van der Waals surface area contributed by atoms with Crippen LogP contribution in [-0.4, -0.2) is 0 Å². The standard InChI is InChI=1S/C85H60N2O/c1-83(2)70-33-17-11-29-61(70)63-43-39-57(51-76(63)83)86(78-36-20-14-27-59(78)53-23-7-5-8-24-53)55-41-46-73-68(49-55)69-50-56(42-47-74(69)85(73)72-35-19-13-32-67(72)81-75(85)48-45-66-65-31-16-22-38-80(65)88-82(66)81)87(79-37-21-15-28-60(79)54-25-9-6-10-26-54)58-40-44-64-62-30-12-18-34-71(62)84(3,4)77(64)52-58/h5-52H,1-4H3. The summed E-state index contributed by atoms with van der Waals surface area (Å²) in [6, 6.07) is 109. The van der Waals surface area contributed by atoms with E-state index in [2.05, 4.69) is 329 Å². The Balaban J connectivity index is 0.918. The molecule has 416 valence electrons. The third-order valence-electron chi connectivity index (χ3n) is 20.3. The number of fused-ring (bicyclic) bond motifs is 20. The molecule has 14 aromatic rings. The van der Waals surface area contributed by atoms with Crippen molar-refractivity contribution in [1.82, 2.24) is 0 Å². The van der Waals surface area contributed by atoms with Gasteiger partial charge in [-0.1, -0.05) is 252 Å². The molecule has 0 bridgehead atoms. The highest BCUT2D eigenvalue weighted by Gasteiger charge is 2.53. The van der Waals surface area contributed by atoms with Crippen LogP contribution >= 0.6 is 0 Å². The second-order valence-electron chi connectivity index (χ2n) is 25.5. The van der Waals surface area contributed by atoms with Crippen LogP contribution in [0.1, 0.15) is 72.2 Å². The van der Waals surface area contributed by atoms with Crippen molar-refractivity contribution in [2.45, 2.75) is 43.9 Å². The summed E-state index contributed by atoms with van der Waals surface area (Å²) in [5.74, 6) is 0. The van der Waals surface area contributed by atoms with Gasteiger partial charge in [0.15, 0.2) is 0 Å². The van der Waals surface area contributed by atoms with Crippen molar-refractivity contribution in [3.05, 3.63) is 336 Å². The van der Waals surface area contributed by atoms with Gasteiger partial charge in [-0.05, 0) is 161 Å². The highest BCUT2D eigenvalue weighted by atomic mass is 16.3. The number of hydrogen-bond acceptors (Lipinski definition) is 3. The summed E-state index contributed by atoms with van der Waals surface area (Å²) in [7, 11) is 0. The molecule has 1 heterocycles. The molecule has 18 rings (SSSR count). The van der Waals surface area contributed by atoms with E-state index in [4.69, 9.17) is 4.42 Å². The number of benzene rings is 13. The SMILES string of the molecule is CC1(C)c2ccccc2-c2ccc(N(c3ccc4c(c3)-c3cc(N(c5ccc6c(c5)C(C)(C)c5ccccc5-6)c5ccccc5-c5ccccc5)ccc3C43c4ccccc4-c4c3ccc3c4oc4ccccc43)c3ccccc3-c3ccccc3)cc21. The zero-order valence-corrected chi connectivity index (χ0v) is 49.5. The van der Waals surface area contributed by atoms with Gasteiger partial charge in [-0.15, -0.1) is 0 Å². The molecule has 4 aliphatic rings. The van der Waals surface area contributed by atoms with Gasteiger partial charge in [-0.25, -0.2) is 0 Å². The van der Waals surface area contributed by atoms with Crippen LogP contribution in [-0.2, 0) is 16.2 Å². The van der Waals surface area contributed by atoms with E-state index < -0.39 is 5.41 Å². The molecule has 0 fully saturated rings. The van der Waals surface area contributed by atoms with E-state index >= 15 is 0 Å². The molecular weight excluding hydrogens is 1060 g/mol. The van der Waals surface area contributed by atoms with Gasteiger partial charge in [-0.2, -0.15) is 0 Å². The zero-order valence-electron chi connectivity index (χ0n) is 49.5. The number of rotatable bonds is 8. The van der Waals surface area contributed by atoms with Crippen molar-refractivity contribution in [2.75, 3.05) is 9.80 Å². The number of nitrogens with zero attached hydrogens (tertiary/aromatic N) is 2. The summed E-state index contributed by atoms with van der Waals surface area (Å²) in [6.45, 7) is 9.53. The third-order valence-corrected chi connectivity index (χ3v) is 20.3. The van der Waals surface area contributed by atoms with Gasteiger partial charge in [0.1, 0.15) is 11.2 Å². The molecule has 0 aliphatic heterocycles. The molecule has 0 saturated carbocycles. The van der Waals surface area contributed by atoms with Gasteiger partial charge in [0.25, 0.3) is 0 Å². The Kier molecular flexibility index (Phi) is 10.7.